The molecule has 0 heterocycles. The van der Waals surface area contributed by atoms with Crippen molar-refractivity contribution in [2.24, 2.45) is 47.3 Å². The van der Waals surface area contributed by atoms with Gasteiger partial charge in [-0.3, -0.25) is 0 Å². The first-order chi connectivity index (χ1) is 4.00. The lowest BCUT2D eigenvalue weighted by atomic mass is 9.78. The maximum absolute atomic E-state index is 1.33. The molecule has 0 aromatic carbocycles. The predicted octanol–water partition coefficient (Wildman–Crippen LogP) is 0.984. The minimum absolute atomic E-state index is 1.33. The third-order valence-electron chi connectivity index (χ3n) is 4.77. The van der Waals surface area contributed by atoms with Crippen LogP contribution in [0.5, 0.6) is 0 Å². The lowest BCUT2D eigenvalue weighted by Gasteiger charge is -2.27. The Bertz CT molecular complexity index is 156. The van der Waals surface area contributed by atoms with Gasteiger partial charge in [-0.15, -0.1) is 0 Å². The molecular weight excluding hydrogens is 96.1 g/mol. The average Bonchev–Trinajstić information content (AvgIpc) is 2.56. The highest BCUT2D eigenvalue weighted by Gasteiger charge is 2.97. The van der Waals surface area contributed by atoms with Gasteiger partial charge in [0.1, 0.15) is 0 Å². The van der Waals surface area contributed by atoms with Crippen LogP contribution < -0.4 is 0 Å². The van der Waals surface area contributed by atoms with Crippen molar-refractivity contribution < 1.29 is 0 Å². The fourth-order valence-corrected chi connectivity index (χ4v) is 4.33. The second-order valence-electron chi connectivity index (χ2n) is 4.62. The Labute approximate surface area is 48.3 Å². The quantitative estimate of drug-likeness (QED) is 0.430. The van der Waals surface area contributed by atoms with Crippen molar-refractivity contribution in [2.45, 2.75) is 0 Å². The lowest BCUT2D eigenvalue weighted by Crippen LogP contribution is -2.23. The Kier molecular flexibility index (Phi) is 0.149. The highest BCUT2D eigenvalue weighted by molar-refractivity contribution is 5.44. The topological polar surface area (TPSA) is 0 Å². The van der Waals surface area contributed by atoms with Crippen LogP contribution in [-0.4, -0.2) is 0 Å². The first-order valence-corrected chi connectivity index (χ1v) is 4.00. The van der Waals surface area contributed by atoms with Gasteiger partial charge in [0.2, 0.25) is 0 Å². The zero-order valence-electron chi connectivity index (χ0n) is 4.62. The highest BCUT2D eigenvalue weighted by atomic mass is 15.0. The molecule has 8 saturated carbocycles. The van der Waals surface area contributed by atoms with E-state index in [1.54, 1.807) is 0 Å². The van der Waals surface area contributed by atoms with Gasteiger partial charge in [0.15, 0.2) is 0 Å². The molecule has 8 aliphatic rings. The zero-order valence-corrected chi connectivity index (χ0v) is 4.62. The molecule has 40 valence electrons. The van der Waals surface area contributed by atoms with Crippen molar-refractivity contribution in [3.05, 3.63) is 0 Å². The minimum atomic E-state index is 1.33. The van der Waals surface area contributed by atoms with E-state index in [-0.39, 0.29) is 0 Å². The van der Waals surface area contributed by atoms with Crippen molar-refractivity contribution in [3.63, 3.8) is 0 Å². The average molecular weight is 104 g/mol. The van der Waals surface area contributed by atoms with Gasteiger partial charge >= 0.3 is 0 Å². The molecule has 0 nitrogen and oxygen atoms in total. The second-order valence-corrected chi connectivity index (χ2v) is 4.62. The molecular formula is C8H8. The van der Waals surface area contributed by atoms with Gasteiger partial charge in [-0.1, -0.05) is 0 Å². The summed E-state index contributed by atoms with van der Waals surface area (Å²) >= 11 is 0. The van der Waals surface area contributed by atoms with Gasteiger partial charge in [-0.2, -0.15) is 0 Å². The summed E-state index contributed by atoms with van der Waals surface area (Å²) in [5, 5.41) is 0. The lowest BCUT2D eigenvalue weighted by molar-refractivity contribution is 0.198. The molecule has 8 fully saturated rings. The molecule has 4 bridgehead atoms. The van der Waals surface area contributed by atoms with Crippen molar-refractivity contribution in [1.29, 1.82) is 0 Å². The Balaban J connectivity index is 1.92. The monoisotopic (exact) mass is 104 g/mol. The van der Waals surface area contributed by atoms with Crippen LogP contribution in [0.3, 0.4) is 0 Å². The maximum Gasteiger partial charge on any atom is -0.0312 e. The fraction of sp³-hybridized carbons (Fsp3) is 1.00. The molecule has 0 aromatic rings. The van der Waals surface area contributed by atoms with Crippen LogP contribution in [-0.2, 0) is 0 Å². The summed E-state index contributed by atoms with van der Waals surface area (Å²) in [5.41, 5.74) is 0. The molecule has 0 unspecified atom stereocenters. The largest absolute Gasteiger partial charge is 0.0312 e. The number of hydrogen-bond acceptors (Lipinski definition) is 0. The summed E-state index contributed by atoms with van der Waals surface area (Å²) in [4.78, 5) is 0. The Morgan fingerprint density at radius 3 is 0.500 bits per heavy atom. The molecule has 0 aromatic heterocycles. The molecule has 0 heteroatoms. The Morgan fingerprint density at radius 1 is 0.250 bits per heavy atom. The second kappa shape index (κ2) is 0.438. The van der Waals surface area contributed by atoms with Crippen LogP contribution in [0.4, 0.5) is 0 Å². The van der Waals surface area contributed by atoms with Gasteiger partial charge < -0.3 is 0 Å². The number of hydrogen-bond donors (Lipinski definition) is 0. The summed E-state index contributed by atoms with van der Waals surface area (Å²) in [5.74, 6) is 10.7. The Hall–Kier alpha value is 0. The molecule has 0 spiro atoms. The van der Waals surface area contributed by atoms with Gasteiger partial charge in [0, 0.05) is 0 Å². The minimum Gasteiger partial charge on any atom is -0.0312 e. The van der Waals surface area contributed by atoms with E-state index in [0.29, 0.717) is 0 Å². The van der Waals surface area contributed by atoms with Gasteiger partial charge in [-0.05, 0) is 47.3 Å². The molecule has 0 atom stereocenters. The number of rotatable bonds is 0. The predicted molar refractivity (Wildman–Crippen MR) is 27.9 cm³/mol. The zero-order chi connectivity index (χ0) is 4.62. The summed E-state index contributed by atoms with van der Waals surface area (Å²) in [6.07, 6.45) is 0. The summed E-state index contributed by atoms with van der Waals surface area (Å²) in [6, 6.07) is 0. The van der Waals surface area contributed by atoms with Crippen molar-refractivity contribution in [3.8, 4) is 0 Å². The van der Waals surface area contributed by atoms with E-state index in [1.165, 1.54) is 47.3 Å². The molecule has 0 N–H and O–H groups in total. The van der Waals surface area contributed by atoms with Crippen LogP contribution in [0.25, 0.3) is 0 Å². The highest BCUT2D eigenvalue weighted by Crippen LogP contribution is 3.00. The fourth-order valence-electron chi connectivity index (χ4n) is 4.33. The van der Waals surface area contributed by atoms with E-state index in [2.05, 4.69) is 0 Å². The van der Waals surface area contributed by atoms with Crippen LogP contribution in [0.2, 0.25) is 0 Å². The van der Waals surface area contributed by atoms with Crippen LogP contribution in [0.15, 0.2) is 0 Å². The molecule has 8 aliphatic carbocycles. The van der Waals surface area contributed by atoms with E-state index < -0.39 is 0 Å². The first kappa shape index (κ1) is 2.72. The van der Waals surface area contributed by atoms with Gasteiger partial charge in [-0.25, -0.2) is 0 Å². The molecule has 0 amide bonds. The third-order valence-corrected chi connectivity index (χ3v) is 4.77. The Morgan fingerprint density at radius 2 is 0.375 bits per heavy atom. The van der Waals surface area contributed by atoms with Crippen LogP contribution in [0.1, 0.15) is 0 Å². The summed E-state index contributed by atoms with van der Waals surface area (Å²) < 4.78 is 0. The third kappa shape index (κ3) is 0.0938. The van der Waals surface area contributed by atoms with E-state index >= 15 is 0 Å². The molecule has 0 saturated heterocycles. The first-order valence-electron chi connectivity index (χ1n) is 4.00. The van der Waals surface area contributed by atoms with Crippen molar-refractivity contribution in [1.82, 2.24) is 0 Å². The van der Waals surface area contributed by atoms with E-state index in [1.807, 2.05) is 0 Å². The van der Waals surface area contributed by atoms with Crippen LogP contribution in [0, 0.1) is 47.3 Å². The van der Waals surface area contributed by atoms with E-state index in [9.17, 15) is 0 Å². The van der Waals surface area contributed by atoms with Crippen molar-refractivity contribution in [2.75, 3.05) is 0 Å². The van der Waals surface area contributed by atoms with Crippen LogP contribution >= 0.6 is 0 Å². The van der Waals surface area contributed by atoms with E-state index in [0.717, 1.165) is 0 Å². The molecule has 8 rings (SSSR count). The van der Waals surface area contributed by atoms with Gasteiger partial charge in [0.05, 0.1) is 0 Å². The van der Waals surface area contributed by atoms with Crippen molar-refractivity contribution >= 4 is 0 Å². The molecule has 8 heavy (non-hydrogen) atoms. The standard InChI is InChI=1S/C8H8/c1-2-5(1)7-3-4(7)8(3)6(1)2/h1-8H. The SMILES string of the molecule is C12C3C1C1C4C1C4C23. The maximum atomic E-state index is 1.33. The molecule has 0 aliphatic heterocycles. The molecule has 0 radical (unpaired) electrons. The summed E-state index contributed by atoms with van der Waals surface area (Å²) in [6.45, 7) is 0. The van der Waals surface area contributed by atoms with Gasteiger partial charge in [0.25, 0.3) is 0 Å². The van der Waals surface area contributed by atoms with E-state index in [4.69, 9.17) is 0 Å². The summed E-state index contributed by atoms with van der Waals surface area (Å²) in [7, 11) is 0. The smallest absolute Gasteiger partial charge is 0.0312 e. The normalized spacial score (nSPS) is 108.